The molecule has 160 valence electrons. The lowest BCUT2D eigenvalue weighted by Gasteiger charge is -2.18. The smallest absolute Gasteiger partial charge is 0.325 e. The molecule has 1 aliphatic heterocycles. The van der Waals surface area contributed by atoms with Crippen LogP contribution in [0.1, 0.15) is 17.5 Å². The lowest BCUT2D eigenvalue weighted by molar-refractivity contribution is -0.122. The predicted molar refractivity (Wildman–Crippen MR) is 117 cm³/mol. The molecule has 1 unspecified atom stereocenters. The second-order valence-corrected chi connectivity index (χ2v) is 7.93. The zero-order chi connectivity index (χ0) is 22.4. The van der Waals surface area contributed by atoms with Crippen molar-refractivity contribution in [2.45, 2.75) is 20.3 Å². The first-order valence-corrected chi connectivity index (χ1v) is 9.92. The normalized spacial score (nSPS) is 16.2. The summed E-state index contributed by atoms with van der Waals surface area (Å²) in [4.78, 5) is 56.1. The van der Waals surface area contributed by atoms with Crippen LogP contribution in [0.4, 0.5) is 11.4 Å². The predicted octanol–water partition coefficient (Wildman–Crippen LogP) is 1.24. The summed E-state index contributed by atoms with van der Waals surface area (Å²) in [5.41, 5.74) is 2.38. The summed E-state index contributed by atoms with van der Waals surface area (Å²) in [5, 5.41) is 2.92. The van der Waals surface area contributed by atoms with Crippen molar-refractivity contribution in [1.29, 1.82) is 0 Å². The molecule has 4 rings (SSSR count). The van der Waals surface area contributed by atoms with Gasteiger partial charge >= 0.3 is 5.69 Å². The number of aryl methyl sites for hydroxylation is 3. The average molecular weight is 421 g/mol. The Bertz CT molecular complexity index is 1350. The molecule has 0 spiro atoms. The second kappa shape index (κ2) is 7.50. The van der Waals surface area contributed by atoms with Gasteiger partial charge in [-0.25, -0.2) is 9.78 Å². The number of benzene rings is 1. The van der Waals surface area contributed by atoms with Crippen molar-refractivity contribution in [2.24, 2.45) is 20.0 Å². The van der Waals surface area contributed by atoms with Crippen molar-refractivity contribution in [3.05, 3.63) is 62.4 Å². The molecule has 3 aromatic rings. The number of rotatable bonds is 3. The minimum Gasteiger partial charge on any atom is -0.325 e. The molecule has 2 amide bonds. The molecule has 1 aliphatic rings. The summed E-state index contributed by atoms with van der Waals surface area (Å²) in [7, 11) is 2.89. The number of aromatic nitrogens is 3. The van der Waals surface area contributed by atoms with Gasteiger partial charge in [-0.1, -0.05) is 6.07 Å². The minimum atomic E-state index is -0.561. The van der Waals surface area contributed by atoms with Gasteiger partial charge in [-0.2, -0.15) is 0 Å². The number of hydrogen-bond donors (Lipinski definition) is 1. The van der Waals surface area contributed by atoms with Crippen LogP contribution in [0.5, 0.6) is 0 Å². The van der Waals surface area contributed by atoms with Crippen molar-refractivity contribution >= 4 is 34.2 Å². The maximum atomic E-state index is 13.0. The Morgan fingerprint density at radius 1 is 1.06 bits per heavy atom. The molecule has 2 aromatic heterocycles. The molecule has 1 atom stereocenters. The van der Waals surface area contributed by atoms with E-state index in [2.05, 4.69) is 10.3 Å². The van der Waals surface area contributed by atoms with Crippen LogP contribution in [-0.2, 0) is 23.7 Å². The first-order chi connectivity index (χ1) is 14.7. The van der Waals surface area contributed by atoms with E-state index in [0.717, 1.165) is 21.4 Å². The van der Waals surface area contributed by atoms with E-state index in [1.54, 1.807) is 4.90 Å². The van der Waals surface area contributed by atoms with Crippen LogP contribution in [-0.4, -0.2) is 32.5 Å². The van der Waals surface area contributed by atoms with E-state index in [1.165, 1.54) is 30.9 Å². The van der Waals surface area contributed by atoms with Crippen LogP contribution in [0.25, 0.3) is 11.0 Å². The van der Waals surface area contributed by atoms with E-state index in [0.29, 0.717) is 0 Å². The van der Waals surface area contributed by atoms with Crippen molar-refractivity contribution in [3.8, 4) is 0 Å². The molecule has 0 bridgehead atoms. The van der Waals surface area contributed by atoms with Gasteiger partial charge in [0.15, 0.2) is 5.65 Å². The van der Waals surface area contributed by atoms with Gasteiger partial charge in [-0.15, -0.1) is 0 Å². The van der Waals surface area contributed by atoms with Crippen LogP contribution in [0.15, 0.2) is 40.1 Å². The highest BCUT2D eigenvalue weighted by molar-refractivity contribution is 6.06. The zero-order valence-electron chi connectivity index (χ0n) is 17.8. The molecule has 1 fully saturated rings. The molecule has 0 radical (unpaired) electrons. The number of amides is 2. The number of anilines is 2. The summed E-state index contributed by atoms with van der Waals surface area (Å²) in [6.45, 7) is 4.24. The first kappa shape index (κ1) is 20.5. The fourth-order valence-electron chi connectivity index (χ4n) is 3.85. The lowest BCUT2D eigenvalue weighted by Crippen LogP contribution is -2.38. The van der Waals surface area contributed by atoms with Gasteiger partial charge in [0.05, 0.1) is 11.6 Å². The maximum absolute atomic E-state index is 13.0. The Hall–Kier alpha value is -3.75. The first-order valence-electron chi connectivity index (χ1n) is 9.92. The van der Waals surface area contributed by atoms with Crippen molar-refractivity contribution in [1.82, 2.24) is 14.1 Å². The van der Waals surface area contributed by atoms with Gasteiger partial charge in [-0.3, -0.25) is 23.5 Å². The number of nitrogens with zero attached hydrogens (tertiary/aromatic N) is 4. The van der Waals surface area contributed by atoms with E-state index in [1.807, 2.05) is 32.0 Å². The number of pyridine rings is 1. The van der Waals surface area contributed by atoms with Crippen molar-refractivity contribution < 1.29 is 9.59 Å². The van der Waals surface area contributed by atoms with Crippen molar-refractivity contribution in [2.75, 3.05) is 16.8 Å². The van der Waals surface area contributed by atoms with E-state index in [4.69, 9.17) is 0 Å². The minimum absolute atomic E-state index is 0.0816. The van der Waals surface area contributed by atoms with Gasteiger partial charge in [0, 0.05) is 38.9 Å². The highest BCUT2D eigenvalue weighted by atomic mass is 16.2. The van der Waals surface area contributed by atoms with Crippen molar-refractivity contribution in [3.63, 3.8) is 0 Å². The summed E-state index contributed by atoms with van der Waals surface area (Å²) in [5.74, 6) is -1.04. The van der Waals surface area contributed by atoms with E-state index in [-0.39, 0.29) is 41.5 Å². The Labute approximate surface area is 177 Å². The van der Waals surface area contributed by atoms with Crippen LogP contribution >= 0.6 is 0 Å². The fraction of sp³-hybridized carbons (Fsp3) is 0.318. The third-order valence-electron chi connectivity index (χ3n) is 5.90. The largest absolute Gasteiger partial charge is 0.332 e. The molecule has 1 N–H and O–H groups in total. The summed E-state index contributed by atoms with van der Waals surface area (Å²) < 4.78 is 2.23. The monoisotopic (exact) mass is 421 g/mol. The molecule has 0 saturated carbocycles. The van der Waals surface area contributed by atoms with E-state index < -0.39 is 17.2 Å². The number of carbonyl (C=O) groups excluding carboxylic acids is 2. The molecule has 31 heavy (non-hydrogen) atoms. The Morgan fingerprint density at radius 2 is 1.81 bits per heavy atom. The summed E-state index contributed by atoms with van der Waals surface area (Å²) >= 11 is 0. The molecule has 1 aromatic carbocycles. The Morgan fingerprint density at radius 3 is 2.52 bits per heavy atom. The zero-order valence-corrected chi connectivity index (χ0v) is 17.8. The molecule has 3 heterocycles. The Kier molecular flexibility index (Phi) is 4.96. The van der Waals surface area contributed by atoms with Gasteiger partial charge < -0.3 is 10.2 Å². The highest BCUT2D eigenvalue weighted by Crippen LogP contribution is 2.28. The maximum Gasteiger partial charge on any atom is 0.332 e. The quantitative estimate of drug-likeness (QED) is 0.685. The van der Waals surface area contributed by atoms with Gasteiger partial charge in [0.25, 0.3) is 5.56 Å². The molecule has 1 saturated heterocycles. The SMILES string of the molecule is Cc1ccc(N2CC(C(=O)Nc3ccnc4c3c(=O)n(C)c(=O)n4C)CC2=O)cc1C. The van der Waals surface area contributed by atoms with Crippen LogP contribution in [0, 0.1) is 19.8 Å². The van der Waals surface area contributed by atoms with E-state index in [9.17, 15) is 19.2 Å². The number of fused-ring (bicyclic) bond motifs is 1. The standard InChI is InChI=1S/C22H23N5O4/c1-12-5-6-15(9-13(12)2)27-11-14(10-17(27)28)20(29)24-16-7-8-23-19-18(16)21(30)26(4)22(31)25(19)3/h5-9,14H,10-11H2,1-4H3,(H,23,24,29). The van der Waals surface area contributed by atoms with E-state index >= 15 is 0 Å². The van der Waals surface area contributed by atoms with Gasteiger partial charge in [0.1, 0.15) is 5.39 Å². The molecule has 0 aliphatic carbocycles. The third-order valence-corrected chi connectivity index (χ3v) is 5.90. The summed E-state index contributed by atoms with van der Waals surface area (Å²) in [6, 6.07) is 7.29. The van der Waals surface area contributed by atoms with Crippen LogP contribution in [0.2, 0.25) is 0 Å². The van der Waals surface area contributed by atoms with Gasteiger partial charge in [-0.05, 0) is 43.2 Å². The highest BCUT2D eigenvalue weighted by Gasteiger charge is 2.35. The number of nitrogens with one attached hydrogen (secondary N) is 1. The molecule has 9 nitrogen and oxygen atoms in total. The molecular weight excluding hydrogens is 398 g/mol. The average Bonchev–Trinajstić information content (AvgIpc) is 3.14. The number of hydrogen-bond acceptors (Lipinski definition) is 5. The second-order valence-electron chi connectivity index (χ2n) is 7.93. The lowest BCUT2D eigenvalue weighted by atomic mass is 10.1. The van der Waals surface area contributed by atoms with Crippen LogP contribution < -0.4 is 21.5 Å². The van der Waals surface area contributed by atoms with Crippen LogP contribution in [0.3, 0.4) is 0 Å². The third kappa shape index (κ3) is 3.41. The Balaban J connectivity index is 1.63. The molecular formula is C22H23N5O4. The summed E-state index contributed by atoms with van der Waals surface area (Å²) in [6.07, 6.45) is 1.51. The number of carbonyl (C=O) groups is 2. The van der Waals surface area contributed by atoms with Gasteiger partial charge in [0.2, 0.25) is 11.8 Å². The fourth-order valence-corrected chi connectivity index (χ4v) is 3.85. The molecule has 9 heteroatoms. The topological polar surface area (TPSA) is 106 Å².